The van der Waals surface area contributed by atoms with Gasteiger partial charge in [-0.05, 0) is 57.0 Å². The van der Waals surface area contributed by atoms with Crippen LogP contribution in [0.15, 0.2) is 36.5 Å². The molecule has 0 bridgehead atoms. The molecule has 0 spiro atoms. The second-order valence-corrected chi connectivity index (χ2v) is 7.36. The Morgan fingerprint density at radius 2 is 1.83 bits per heavy atom. The molecule has 2 saturated heterocycles. The Labute approximate surface area is 187 Å². The smallest absolute Gasteiger partial charge is 0.255 e. The van der Waals surface area contributed by atoms with E-state index in [-0.39, 0.29) is 48.4 Å². The minimum Gasteiger partial charge on any atom is -0.436 e. The van der Waals surface area contributed by atoms with Crippen molar-refractivity contribution in [3.05, 3.63) is 53.7 Å². The molecule has 1 aromatic carbocycles. The van der Waals surface area contributed by atoms with Crippen LogP contribution in [0.3, 0.4) is 0 Å². The van der Waals surface area contributed by atoms with Crippen molar-refractivity contribution >= 4 is 30.7 Å². The van der Waals surface area contributed by atoms with Crippen molar-refractivity contribution in [1.82, 2.24) is 14.8 Å². The molecule has 0 N–H and O–H groups in total. The van der Waals surface area contributed by atoms with Crippen LogP contribution in [0.5, 0.6) is 11.6 Å². The van der Waals surface area contributed by atoms with Gasteiger partial charge in [0.25, 0.3) is 5.91 Å². The maximum atomic E-state index is 13.7. The van der Waals surface area contributed by atoms with Crippen LogP contribution in [0.25, 0.3) is 0 Å². The topological polar surface area (TPSA) is 45.7 Å². The number of ether oxygens (including phenoxy) is 1. The van der Waals surface area contributed by atoms with Crippen molar-refractivity contribution in [3.8, 4) is 11.6 Å². The number of carbonyl (C=O) groups excluding carboxylic acids is 1. The Bertz CT molecular complexity index is 849. The molecule has 164 valence electrons. The summed E-state index contributed by atoms with van der Waals surface area (Å²) >= 11 is 0. The zero-order chi connectivity index (χ0) is 19.5. The summed E-state index contributed by atoms with van der Waals surface area (Å²) in [6.07, 6.45) is 5.97. The van der Waals surface area contributed by atoms with Gasteiger partial charge >= 0.3 is 0 Å². The fraction of sp³-hybridized carbons (Fsp3) is 0.429. The number of carbonyl (C=O) groups is 1. The van der Waals surface area contributed by atoms with Gasteiger partial charge in [0.1, 0.15) is 5.82 Å². The number of nitrogens with zero attached hydrogens (tertiary/aromatic N) is 3. The van der Waals surface area contributed by atoms with Crippen LogP contribution in [0, 0.1) is 11.6 Å². The van der Waals surface area contributed by atoms with E-state index >= 15 is 0 Å². The number of rotatable bonds is 5. The summed E-state index contributed by atoms with van der Waals surface area (Å²) in [6.45, 7) is 3.93. The van der Waals surface area contributed by atoms with Crippen molar-refractivity contribution < 1.29 is 18.3 Å². The lowest BCUT2D eigenvalue weighted by Crippen LogP contribution is -2.42. The van der Waals surface area contributed by atoms with Gasteiger partial charge < -0.3 is 14.5 Å². The van der Waals surface area contributed by atoms with Crippen molar-refractivity contribution in [3.63, 3.8) is 0 Å². The molecule has 1 aromatic heterocycles. The summed E-state index contributed by atoms with van der Waals surface area (Å²) in [4.78, 5) is 21.4. The molecule has 2 fully saturated rings. The van der Waals surface area contributed by atoms with Gasteiger partial charge in [-0.15, -0.1) is 24.8 Å². The molecule has 0 aliphatic carbocycles. The molecule has 0 saturated carbocycles. The van der Waals surface area contributed by atoms with Crippen molar-refractivity contribution in [2.24, 2.45) is 0 Å². The molecule has 2 aliphatic heterocycles. The highest BCUT2D eigenvalue weighted by Gasteiger charge is 2.31. The first kappa shape index (κ1) is 24.3. The van der Waals surface area contributed by atoms with Crippen LogP contribution in [-0.2, 0) is 0 Å². The van der Waals surface area contributed by atoms with Crippen LogP contribution < -0.4 is 4.74 Å². The van der Waals surface area contributed by atoms with Gasteiger partial charge in [-0.1, -0.05) is 0 Å². The maximum absolute atomic E-state index is 13.7. The number of pyridine rings is 1. The van der Waals surface area contributed by atoms with E-state index in [2.05, 4.69) is 9.88 Å². The molecule has 4 rings (SSSR count). The SMILES string of the molecule is Cl.Cl.O=C(c1ccc(Oc2ccc(F)cc2F)nc1)N1CCCC1CN1CCCC1. The molecule has 5 nitrogen and oxygen atoms in total. The van der Waals surface area contributed by atoms with E-state index in [1.807, 2.05) is 4.90 Å². The van der Waals surface area contributed by atoms with Gasteiger partial charge in [-0.2, -0.15) is 0 Å². The lowest BCUT2D eigenvalue weighted by atomic mass is 10.2. The fourth-order valence-corrected chi connectivity index (χ4v) is 3.96. The summed E-state index contributed by atoms with van der Waals surface area (Å²) in [7, 11) is 0. The number of aromatic nitrogens is 1. The largest absolute Gasteiger partial charge is 0.436 e. The highest BCUT2D eigenvalue weighted by atomic mass is 35.5. The number of hydrogen-bond acceptors (Lipinski definition) is 4. The average molecular weight is 460 g/mol. The summed E-state index contributed by atoms with van der Waals surface area (Å²) < 4.78 is 32.0. The predicted octanol–water partition coefficient (Wildman–Crippen LogP) is 4.70. The Hall–Kier alpha value is -1.96. The summed E-state index contributed by atoms with van der Waals surface area (Å²) in [5.41, 5.74) is 0.486. The quantitative estimate of drug-likeness (QED) is 0.649. The van der Waals surface area contributed by atoms with Crippen LogP contribution in [0.1, 0.15) is 36.0 Å². The molecule has 3 heterocycles. The molecular formula is C21H25Cl2F2N3O2. The zero-order valence-electron chi connectivity index (χ0n) is 16.4. The Balaban J connectivity index is 0.00000160. The lowest BCUT2D eigenvalue weighted by Gasteiger charge is -2.28. The molecule has 1 unspecified atom stereocenters. The second kappa shape index (κ2) is 10.9. The summed E-state index contributed by atoms with van der Waals surface area (Å²) in [6, 6.07) is 6.48. The number of halogens is 4. The van der Waals surface area contributed by atoms with Gasteiger partial charge in [0, 0.05) is 37.5 Å². The lowest BCUT2D eigenvalue weighted by molar-refractivity contribution is 0.0708. The third-order valence-electron chi connectivity index (χ3n) is 5.40. The van der Waals surface area contributed by atoms with Crippen molar-refractivity contribution in [2.75, 3.05) is 26.2 Å². The van der Waals surface area contributed by atoms with Crippen LogP contribution in [0.2, 0.25) is 0 Å². The second-order valence-electron chi connectivity index (χ2n) is 7.36. The van der Waals surface area contributed by atoms with E-state index in [0.29, 0.717) is 5.56 Å². The van der Waals surface area contributed by atoms with Gasteiger partial charge in [0.2, 0.25) is 5.88 Å². The third kappa shape index (κ3) is 5.59. The van der Waals surface area contributed by atoms with E-state index in [1.54, 1.807) is 6.07 Å². The minimum atomic E-state index is -0.802. The highest BCUT2D eigenvalue weighted by molar-refractivity contribution is 5.94. The van der Waals surface area contributed by atoms with E-state index in [0.717, 1.165) is 51.2 Å². The molecular weight excluding hydrogens is 435 g/mol. The van der Waals surface area contributed by atoms with Crippen LogP contribution in [0.4, 0.5) is 8.78 Å². The molecule has 0 radical (unpaired) electrons. The number of likely N-dealkylation sites (tertiary alicyclic amines) is 2. The van der Waals surface area contributed by atoms with E-state index in [9.17, 15) is 13.6 Å². The van der Waals surface area contributed by atoms with E-state index in [4.69, 9.17) is 4.74 Å². The Morgan fingerprint density at radius 1 is 1.07 bits per heavy atom. The summed E-state index contributed by atoms with van der Waals surface area (Å²) in [5, 5.41) is 0. The molecule has 30 heavy (non-hydrogen) atoms. The van der Waals surface area contributed by atoms with Gasteiger partial charge in [0.05, 0.1) is 5.56 Å². The highest BCUT2D eigenvalue weighted by Crippen LogP contribution is 2.25. The first-order chi connectivity index (χ1) is 13.6. The van der Waals surface area contributed by atoms with Crippen molar-refractivity contribution in [1.29, 1.82) is 0 Å². The molecule has 2 aromatic rings. The standard InChI is InChI=1S/C21H23F2N3O2.2ClH/c22-16-6-7-19(18(23)12-16)28-20-8-5-15(13-24-20)21(27)26-11-3-4-17(26)14-25-9-1-2-10-25;;/h5-8,12-13,17H,1-4,9-11,14H2;2*1H. The van der Waals surface area contributed by atoms with Crippen LogP contribution >= 0.6 is 24.8 Å². The number of amides is 1. The van der Waals surface area contributed by atoms with Gasteiger partial charge in [0.15, 0.2) is 11.6 Å². The van der Waals surface area contributed by atoms with Gasteiger partial charge in [-0.25, -0.2) is 13.8 Å². The Morgan fingerprint density at radius 3 is 2.50 bits per heavy atom. The van der Waals surface area contributed by atoms with Crippen LogP contribution in [-0.4, -0.2) is 52.9 Å². The predicted molar refractivity (Wildman–Crippen MR) is 115 cm³/mol. The first-order valence-electron chi connectivity index (χ1n) is 9.72. The molecule has 1 atom stereocenters. The minimum absolute atomic E-state index is 0. The molecule has 9 heteroatoms. The van der Waals surface area contributed by atoms with Crippen molar-refractivity contribution in [2.45, 2.75) is 31.7 Å². The Kier molecular flexibility index (Phi) is 8.82. The average Bonchev–Trinajstić information content (AvgIpc) is 3.37. The zero-order valence-corrected chi connectivity index (χ0v) is 18.1. The third-order valence-corrected chi connectivity index (χ3v) is 5.40. The molecule has 2 aliphatic rings. The number of hydrogen-bond donors (Lipinski definition) is 0. The number of benzene rings is 1. The van der Waals surface area contributed by atoms with E-state index < -0.39 is 11.6 Å². The first-order valence-corrected chi connectivity index (χ1v) is 9.72. The summed E-state index contributed by atoms with van der Waals surface area (Å²) in [5.74, 6) is -1.47. The monoisotopic (exact) mass is 459 g/mol. The van der Waals surface area contributed by atoms with Gasteiger partial charge in [-0.3, -0.25) is 4.79 Å². The van der Waals surface area contributed by atoms with E-state index in [1.165, 1.54) is 31.2 Å². The molecule has 1 amide bonds. The fourth-order valence-electron chi connectivity index (χ4n) is 3.96. The normalized spacial score (nSPS) is 18.6. The maximum Gasteiger partial charge on any atom is 0.255 e.